The van der Waals surface area contributed by atoms with E-state index in [0.29, 0.717) is 11.3 Å². The van der Waals surface area contributed by atoms with E-state index in [9.17, 15) is 4.79 Å². The minimum atomic E-state index is -0.159. The molecule has 5 heteroatoms. The second-order valence-electron chi connectivity index (χ2n) is 5.71. The van der Waals surface area contributed by atoms with E-state index in [2.05, 4.69) is 43.3 Å². The summed E-state index contributed by atoms with van der Waals surface area (Å²) in [5.74, 6) is 0.692. The third kappa shape index (κ3) is 4.67. The van der Waals surface area contributed by atoms with Crippen molar-refractivity contribution in [3.63, 3.8) is 0 Å². The summed E-state index contributed by atoms with van der Waals surface area (Å²) in [7, 11) is 2.00. The van der Waals surface area contributed by atoms with Crippen LogP contribution < -0.4 is 10.2 Å². The summed E-state index contributed by atoms with van der Waals surface area (Å²) in [5, 5.41) is 2.86. The summed E-state index contributed by atoms with van der Waals surface area (Å²) in [5.41, 5.74) is 2.49. The predicted octanol–water partition coefficient (Wildman–Crippen LogP) is 4.73. The SMILES string of the molecule is CN(Cc1ccccc1)c1ccc(NC(=O)c2cccc(Br)c2)cn1. The zero-order valence-corrected chi connectivity index (χ0v) is 15.4. The summed E-state index contributed by atoms with van der Waals surface area (Å²) in [6, 6.07) is 21.3. The van der Waals surface area contributed by atoms with E-state index < -0.39 is 0 Å². The number of pyridine rings is 1. The van der Waals surface area contributed by atoms with Gasteiger partial charge in [-0.15, -0.1) is 0 Å². The number of amides is 1. The van der Waals surface area contributed by atoms with E-state index in [1.807, 2.05) is 49.5 Å². The van der Waals surface area contributed by atoms with Gasteiger partial charge in [-0.2, -0.15) is 0 Å². The third-order valence-corrected chi connectivity index (χ3v) is 4.24. The van der Waals surface area contributed by atoms with Crippen molar-refractivity contribution in [1.29, 1.82) is 0 Å². The lowest BCUT2D eigenvalue weighted by atomic mass is 10.2. The molecule has 0 fully saturated rings. The molecular formula is C20H18BrN3O. The average molecular weight is 396 g/mol. The van der Waals surface area contributed by atoms with Crippen LogP contribution >= 0.6 is 15.9 Å². The van der Waals surface area contributed by atoms with Gasteiger partial charge < -0.3 is 10.2 Å². The standard InChI is InChI=1S/C20H18BrN3O/c1-24(14-15-6-3-2-4-7-15)19-11-10-18(13-22-19)23-20(25)16-8-5-9-17(21)12-16/h2-13H,14H2,1H3,(H,23,25). The molecule has 2 aromatic carbocycles. The molecule has 0 atom stereocenters. The number of hydrogen-bond donors (Lipinski definition) is 1. The molecule has 1 aromatic heterocycles. The number of aromatic nitrogens is 1. The van der Waals surface area contributed by atoms with Crippen LogP contribution in [0.1, 0.15) is 15.9 Å². The smallest absolute Gasteiger partial charge is 0.255 e. The molecule has 3 rings (SSSR count). The predicted molar refractivity (Wildman–Crippen MR) is 105 cm³/mol. The molecule has 25 heavy (non-hydrogen) atoms. The van der Waals surface area contributed by atoms with Crippen molar-refractivity contribution >= 4 is 33.3 Å². The summed E-state index contributed by atoms with van der Waals surface area (Å²) >= 11 is 3.37. The fourth-order valence-corrected chi connectivity index (χ4v) is 2.86. The van der Waals surface area contributed by atoms with E-state index in [0.717, 1.165) is 16.8 Å². The Morgan fingerprint density at radius 1 is 1.08 bits per heavy atom. The van der Waals surface area contributed by atoms with Gasteiger partial charge in [0.1, 0.15) is 5.82 Å². The minimum absolute atomic E-state index is 0.159. The fourth-order valence-electron chi connectivity index (χ4n) is 2.46. The number of hydrogen-bond acceptors (Lipinski definition) is 3. The van der Waals surface area contributed by atoms with Crippen LogP contribution in [0.5, 0.6) is 0 Å². The normalized spacial score (nSPS) is 10.3. The molecule has 1 amide bonds. The van der Waals surface area contributed by atoms with Crippen LogP contribution in [0.15, 0.2) is 77.4 Å². The van der Waals surface area contributed by atoms with Crippen molar-refractivity contribution in [3.05, 3.63) is 88.5 Å². The number of nitrogens with one attached hydrogen (secondary N) is 1. The highest BCUT2D eigenvalue weighted by atomic mass is 79.9. The van der Waals surface area contributed by atoms with Crippen molar-refractivity contribution in [2.75, 3.05) is 17.3 Å². The van der Waals surface area contributed by atoms with E-state index in [-0.39, 0.29) is 5.91 Å². The molecule has 0 spiro atoms. The zero-order chi connectivity index (χ0) is 17.6. The molecule has 0 saturated heterocycles. The van der Waals surface area contributed by atoms with Gasteiger partial charge in [0.25, 0.3) is 5.91 Å². The van der Waals surface area contributed by atoms with Crippen LogP contribution in [0.4, 0.5) is 11.5 Å². The lowest BCUT2D eigenvalue weighted by Gasteiger charge is -2.18. The van der Waals surface area contributed by atoms with Crippen LogP contribution in [0, 0.1) is 0 Å². The van der Waals surface area contributed by atoms with Gasteiger partial charge in [-0.1, -0.05) is 52.3 Å². The first-order chi connectivity index (χ1) is 12.1. The second kappa shape index (κ2) is 7.94. The molecule has 0 bridgehead atoms. The highest BCUT2D eigenvalue weighted by Gasteiger charge is 2.08. The molecule has 4 nitrogen and oxygen atoms in total. The van der Waals surface area contributed by atoms with Gasteiger partial charge in [0.05, 0.1) is 11.9 Å². The molecule has 0 aliphatic rings. The Hall–Kier alpha value is -2.66. The highest BCUT2D eigenvalue weighted by Crippen LogP contribution is 2.17. The van der Waals surface area contributed by atoms with Gasteiger partial charge in [0.15, 0.2) is 0 Å². The summed E-state index contributed by atoms with van der Waals surface area (Å²) in [6.45, 7) is 0.775. The maximum Gasteiger partial charge on any atom is 0.255 e. The first-order valence-corrected chi connectivity index (χ1v) is 8.69. The lowest BCUT2D eigenvalue weighted by molar-refractivity contribution is 0.102. The summed E-state index contributed by atoms with van der Waals surface area (Å²) in [6.07, 6.45) is 1.67. The average Bonchev–Trinajstić information content (AvgIpc) is 2.63. The van der Waals surface area contributed by atoms with Crippen LogP contribution in [-0.4, -0.2) is 17.9 Å². The van der Waals surface area contributed by atoms with Gasteiger partial charge in [0.2, 0.25) is 0 Å². The van der Waals surface area contributed by atoms with Gasteiger partial charge in [-0.25, -0.2) is 4.98 Å². The number of halogens is 1. The van der Waals surface area contributed by atoms with Gasteiger partial charge in [-0.05, 0) is 35.9 Å². The molecule has 3 aromatic rings. The third-order valence-electron chi connectivity index (χ3n) is 3.75. The van der Waals surface area contributed by atoms with Crippen molar-refractivity contribution in [2.24, 2.45) is 0 Å². The molecule has 0 aliphatic heterocycles. The molecule has 1 heterocycles. The van der Waals surface area contributed by atoms with Crippen molar-refractivity contribution in [1.82, 2.24) is 4.98 Å². The van der Waals surface area contributed by atoms with Gasteiger partial charge in [0, 0.05) is 23.6 Å². The molecule has 0 aliphatic carbocycles. The quantitative estimate of drug-likeness (QED) is 0.678. The van der Waals surface area contributed by atoms with Gasteiger partial charge >= 0.3 is 0 Å². The van der Waals surface area contributed by atoms with Crippen molar-refractivity contribution in [2.45, 2.75) is 6.54 Å². The molecule has 126 valence electrons. The molecule has 0 saturated carbocycles. The summed E-state index contributed by atoms with van der Waals surface area (Å²) in [4.78, 5) is 18.8. The second-order valence-corrected chi connectivity index (χ2v) is 6.63. The van der Waals surface area contributed by atoms with E-state index >= 15 is 0 Å². The van der Waals surface area contributed by atoms with Gasteiger partial charge in [-0.3, -0.25) is 4.79 Å². The Morgan fingerprint density at radius 3 is 2.56 bits per heavy atom. The summed E-state index contributed by atoms with van der Waals surface area (Å²) < 4.78 is 0.871. The maximum absolute atomic E-state index is 12.3. The van der Waals surface area contributed by atoms with Crippen LogP contribution in [0.3, 0.4) is 0 Å². The van der Waals surface area contributed by atoms with E-state index in [4.69, 9.17) is 0 Å². The van der Waals surface area contributed by atoms with E-state index in [1.54, 1.807) is 18.3 Å². The molecule has 0 unspecified atom stereocenters. The lowest BCUT2D eigenvalue weighted by Crippen LogP contribution is -2.18. The largest absolute Gasteiger partial charge is 0.355 e. The molecule has 0 radical (unpaired) electrons. The zero-order valence-electron chi connectivity index (χ0n) is 13.8. The minimum Gasteiger partial charge on any atom is -0.355 e. The fraction of sp³-hybridized carbons (Fsp3) is 0.100. The Balaban J connectivity index is 1.64. The van der Waals surface area contributed by atoms with Crippen LogP contribution in [-0.2, 0) is 6.54 Å². The van der Waals surface area contributed by atoms with E-state index in [1.165, 1.54) is 5.56 Å². The van der Waals surface area contributed by atoms with Crippen LogP contribution in [0.2, 0.25) is 0 Å². The number of anilines is 2. The first kappa shape index (κ1) is 17.2. The number of carbonyl (C=O) groups excluding carboxylic acids is 1. The number of nitrogens with zero attached hydrogens (tertiary/aromatic N) is 2. The number of benzene rings is 2. The topological polar surface area (TPSA) is 45.2 Å². The van der Waals surface area contributed by atoms with Crippen molar-refractivity contribution < 1.29 is 4.79 Å². The Morgan fingerprint density at radius 2 is 1.88 bits per heavy atom. The number of rotatable bonds is 5. The maximum atomic E-state index is 12.3. The molecular weight excluding hydrogens is 378 g/mol. The first-order valence-electron chi connectivity index (χ1n) is 7.90. The number of carbonyl (C=O) groups is 1. The van der Waals surface area contributed by atoms with Crippen LogP contribution in [0.25, 0.3) is 0 Å². The molecule has 1 N–H and O–H groups in total. The highest BCUT2D eigenvalue weighted by molar-refractivity contribution is 9.10. The Bertz CT molecular complexity index is 850. The van der Waals surface area contributed by atoms with Crippen molar-refractivity contribution in [3.8, 4) is 0 Å². The monoisotopic (exact) mass is 395 g/mol. The Labute approximate surface area is 155 Å². The Kier molecular flexibility index (Phi) is 5.46.